The summed E-state index contributed by atoms with van der Waals surface area (Å²) in [7, 11) is -3.88. The number of halogens is 2. The molecular weight excluding hydrogens is 407 g/mol. The third-order valence-electron chi connectivity index (χ3n) is 4.46. The van der Waals surface area contributed by atoms with Gasteiger partial charge in [0.15, 0.2) is 0 Å². The molecule has 0 spiro atoms. The first-order valence-corrected chi connectivity index (χ1v) is 10.8. The highest BCUT2D eigenvalue weighted by Crippen LogP contribution is 2.29. The maximum Gasteiger partial charge on any atom is 0.263 e. The van der Waals surface area contributed by atoms with Crippen LogP contribution >= 0.6 is 23.2 Å². The summed E-state index contributed by atoms with van der Waals surface area (Å²) in [5, 5.41) is 0.381. The van der Waals surface area contributed by atoms with Crippen LogP contribution in [0, 0.1) is 5.92 Å². The first-order chi connectivity index (χ1) is 12.7. The molecule has 0 saturated heterocycles. The number of nitrogens with zero attached hydrogens (tertiary/aromatic N) is 1. The van der Waals surface area contributed by atoms with Crippen LogP contribution in [0.25, 0.3) is 0 Å². The van der Waals surface area contributed by atoms with Crippen molar-refractivity contribution < 1.29 is 13.2 Å². The molecule has 1 aliphatic heterocycles. The molecule has 8 heteroatoms. The SMILES string of the molecule is CC(C)C(=O)N1CCc2ccc(NS(=O)(=O)c3cc(Cl)ccc3Cl)cc2C1. The van der Waals surface area contributed by atoms with Crippen LogP contribution in [-0.2, 0) is 27.8 Å². The number of benzene rings is 2. The second kappa shape index (κ2) is 7.70. The average Bonchev–Trinajstić information content (AvgIpc) is 2.62. The normalized spacial score (nSPS) is 14.2. The van der Waals surface area contributed by atoms with Crippen LogP contribution in [0.2, 0.25) is 10.0 Å². The summed E-state index contributed by atoms with van der Waals surface area (Å²) in [6, 6.07) is 9.67. The first-order valence-electron chi connectivity index (χ1n) is 8.56. The lowest BCUT2D eigenvalue weighted by molar-refractivity contribution is -0.135. The topological polar surface area (TPSA) is 66.5 Å². The Morgan fingerprint density at radius 2 is 1.85 bits per heavy atom. The van der Waals surface area contributed by atoms with Gasteiger partial charge in [-0.15, -0.1) is 0 Å². The Labute approximate surface area is 169 Å². The standard InChI is InChI=1S/C19H20Cl2N2O3S/c1-12(2)19(24)23-8-7-13-3-5-16(9-14(13)11-23)22-27(25,26)18-10-15(20)4-6-17(18)21/h3-6,9-10,12,22H,7-8,11H2,1-2H3. The van der Waals surface area contributed by atoms with E-state index in [0.29, 0.717) is 18.8 Å². The summed E-state index contributed by atoms with van der Waals surface area (Å²) in [6.07, 6.45) is 0.751. The minimum atomic E-state index is -3.88. The molecule has 0 aromatic heterocycles. The van der Waals surface area contributed by atoms with Crippen molar-refractivity contribution in [2.75, 3.05) is 11.3 Å². The van der Waals surface area contributed by atoms with Crippen LogP contribution < -0.4 is 4.72 Å². The molecule has 0 atom stereocenters. The van der Waals surface area contributed by atoms with Gasteiger partial charge in [0.25, 0.3) is 10.0 Å². The number of fused-ring (bicyclic) bond motifs is 1. The zero-order chi connectivity index (χ0) is 19.8. The van der Waals surface area contributed by atoms with Crippen LogP contribution in [0.3, 0.4) is 0 Å². The van der Waals surface area contributed by atoms with Crippen LogP contribution in [0.1, 0.15) is 25.0 Å². The largest absolute Gasteiger partial charge is 0.338 e. The van der Waals surface area contributed by atoms with E-state index in [1.165, 1.54) is 18.2 Å². The second-order valence-electron chi connectivity index (χ2n) is 6.83. The van der Waals surface area contributed by atoms with Gasteiger partial charge in [0.05, 0.1) is 5.02 Å². The molecular formula is C19H20Cl2N2O3S. The number of anilines is 1. The molecule has 2 aromatic carbocycles. The number of hydrogen-bond donors (Lipinski definition) is 1. The van der Waals surface area contributed by atoms with Crippen molar-refractivity contribution >= 4 is 44.8 Å². The van der Waals surface area contributed by atoms with Gasteiger partial charge in [-0.05, 0) is 47.9 Å². The van der Waals surface area contributed by atoms with E-state index in [1.54, 1.807) is 17.0 Å². The molecule has 3 rings (SSSR count). The predicted molar refractivity (Wildman–Crippen MR) is 108 cm³/mol. The smallest absolute Gasteiger partial charge is 0.263 e. The number of amides is 1. The highest BCUT2D eigenvalue weighted by atomic mass is 35.5. The van der Waals surface area contributed by atoms with Crippen LogP contribution in [0.4, 0.5) is 5.69 Å². The van der Waals surface area contributed by atoms with Crippen molar-refractivity contribution in [2.45, 2.75) is 31.7 Å². The molecule has 0 bridgehead atoms. The van der Waals surface area contributed by atoms with Gasteiger partial charge in [0.1, 0.15) is 4.90 Å². The fourth-order valence-electron chi connectivity index (χ4n) is 3.07. The van der Waals surface area contributed by atoms with Crippen LogP contribution in [0.15, 0.2) is 41.3 Å². The summed E-state index contributed by atoms with van der Waals surface area (Å²) < 4.78 is 27.9. The fourth-order valence-corrected chi connectivity index (χ4v) is 4.88. The highest BCUT2D eigenvalue weighted by Gasteiger charge is 2.24. The number of rotatable bonds is 4. The van der Waals surface area contributed by atoms with E-state index in [2.05, 4.69) is 4.72 Å². The maximum atomic E-state index is 12.7. The summed E-state index contributed by atoms with van der Waals surface area (Å²) >= 11 is 11.9. The Morgan fingerprint density at radius 1 is 1.11 bits per heavy atom. The molecule has 0 aliphatic carbocycles. The molecule has 0 radical (unpaired) electrons. The van der Waals surface area contributed by atoms with Crippen LogP contribution in [-0.4, -0.2) is 25.8 Å². The number of carbonyl (C=O) groups is 1. The summed E-state index contributed by atoms with van der Waals surface area (Å²) in [5.41, 5.74) is 2.47. The molecule has 1 N–H and O–H groups in total. The van der Waals surface area contributed by atoms with Gasteiger partial charge >= 0.3 is 0 Å². The van der Waals surface area contributed by atoms with Crippen molar-refractivity contribution in [1.29, 1.82) is 0 Å². The Balaban J connectivity index is 1.86. The molecule has 2 aromatic rings. The van der Waals surface area contributed by atoms with Crippen LogP contribution in [0.5, 0.6) is 0 Å². The van der Waals surface area contributed by atoms with Crippen molar-refractivity contribution in [3.05, 3.63) is 57.6 Å². The molecule has 27 heavy (non-hydrogen) atoms. The molecule has 5 nitrogen and oxygen atoms in total. The first kappa shape index (κ1) is 20.0. The fraction of sp³-hybridized carbons (Fsp3) is 0.316. The van der Waals surface area contributed by atoms with Gasteiger partial charge in [0, 0.05) is 29.7 Å². The van der Waals surface area contributed by atoms with Crippen molar-refractivity contribution in [3.8, 4) is 0 Å². The third-order valence-corrected chi connectivity index (χ3v) is 6.56. The van der Waals surface area contributed by atoms with Crippen molar-refractivity contribution in [2.24, 2.45) is 5.92 Å². The number of nitrogens with one attached hydrogen (secondary N) is 1. The van der Waals surface area contributed by atoms with Gasteiger partial charge in [-0.3, -0.25) is 9.52 Å². The number of hydrogen-bond acceptors (Lipinski definition) is 3. The Bertz CT molecular complexity index is 990. The predicted octanol–water partition coefficient (Wildman–Crippen LogP) is 4.33. The molecule has 0 unspecified atom stereocenters. The van der Waals surface area contributed by atoms with E-state index < -0.39 is 10.0 Å². The lowest BCUT2D eigenvalue weighted by Gasteiger charge is -2.30. The molecule has 0 saturated carbocycles. The summed E-state index contributed by atoms with van der Waals surface area (Å²) in [6.45, 7) is 4.89. The van der Waals surface area contributed by atoms with Crippen molar-refractivity contribution in [3.63, 3.8) is 0 Å². The molecule has 1 amide bonds. The zero-order valence-electron chi connectivity index (χ0n) is 15.0. The van der Waals surface area contributed by atoms with Crippen molar-refractivity contribution in [1.82, 2.24) is 4.90 Å². The van der Waals surface area contributed by atoms with E-state index in [4.69, 9.17) is 23.2 Å². The van der Waals surface area contributed by atoms with Gasteiger partial charge < -0.3 is 4.90 Å². The van der Waals surface area contributed by atoms with E-state index in [1.807, 2.05) is 19.9 Å². The molecule has 1 aliphatic rings. The molecule has 0 fully saturated rings. The summed E-state index contributed by atoms with van der Waals surface area (Å²) in [4.78, 5) is 14.0. The van der Waals surface area contributed by atoms with E-state index in [9.17, 15) is 13.2 Å². The Morgan fingerprint density at radius 3 is 2.56 bits per heavy atom. The van der Waals surface area contributed by atoms with Gasteiger partial charge in [-0.2, -0.15) is 0 Å². The minimum Gasteiger partial charge on any atom is -0.338 e. The quantitative estimate of drug-likeness (QED) is 0.790. The van der Waals surface area contributed by atoms with E-state index in [-0.39, 0.29) is 26.8 Å². The zero-order valence-corrected chi connectivity index (χ0v) is 17.3. The maximum absolute atomic E-state index is 12.7. The highest BCUT2D eigenvalue weighted by molar-refractivity contribution is 7.92. The van der Waals surface area contributed by atoms with Gasteiger partial charge in [-0.1, -0.05) is 43.1 Å². The second-order valence-corrected chi connectivity index (χ2v) is 9.32. The Hall–Kier alpha value is -1.76. The third kappa shape index (κ3) is 4.39. The lowest BCUT2D eigenvalue weighted by Crippen LogP contribution is -2.38. The summed E-state index contributed by atoms with van der Waals surface area (Å²) in [5.74, 6) is 0.0237. The minimum absolute atomic E-state index is 0.0711. The molecule has 1 heterocycles. The number of sulfonamides is 1. The van der Waals surface area contributed by atoms with E-state index in [0.717, 1.165) is 17.5 Å². The van der Waals surface area contributed by atoms with Gasteiger partial charge in [0.2, 0.25) is 5.91 Å². The van der Waals surface area contributed by atoms with Gasteiger partial charge in [-0.25, -0.2) is 8.42 Å². The lowest BCUT2D eigenvalue weighted by atomic mass is 9.98. The Kier molecular flexibility index (Phi) is 5.70. The molecule has 144 valence electrons. The number of carbonyl (C=O) groups excluding carboxylic acids is 1. The monoisotopic (exact) mass is 426 g/mol. The average molecular weight is 427 g/mol. The van der Waals surface area contributed by atoms with E-state index >= 15 is 0 Å².